The van der Waals surface area contributed by atoms with Gasteiger partial charge in [0.1, 0.15) is 5.75 Å². The molecule has 0 aliphatic rings. The van der Waals surface area contributed by atoms with Crippen molar-refractivity contribution in [2.24, 2.45) is 0 Å². The number of rotatable bonds is 8. The van der Waals surface area contributed by atoms with E-state index in [4.69, 9.17) is 16.3 Å². The van der Waals surface area contributed by atoms with Crippen molar-refractivity contribution in [1.29, 1.82) is 0 Å². The second-order valence-corrected chi connectivity index (χ2v) is 9.00. The third-order valence-electron chi connectivity index (χ3n) is 3.97. The molecule has 0 fully saturated rings. The van der Waals surface area contributed by atoms with Gasteiger partial charge in [-0.15, -0.1) is 0 Å². The average Bonchev–Trinajstić information content (AvgIpc) is 2.66. The lowest BCUT2D eigenvalue weighted by Gasteiger charge is -2.18. The first-order valence-corrected chi connectivity index (χ1v) is 10.9. The maximum atomic E-state index is 12.6. The summed E-state index contributed by atoms with van der Waals surface area (Å²) in [5.41, 5.74) is 0.650. The molecule has 2 N–H and O–H groups in total. The van der Waals surface area contributed by atoms with Gasteiger partial charge in [0.15, 0.2) is 0 Å². The highest BCUT2D eigenvalue weighted by atomic mass is 35.5. The van der Waals surface area contributed by atoms with Crippen LogP contribution in [-0.2, 0) is 14.8 Å². The van der Waals surface area contributed by atoms with E-state index in [2.05, 4.69) is 10.0 Å². The zero-order chi connectivity index (χ0) is 22.5. The Balaban J connectivity index is 2.05. The van der Waals surface area contributed by atoms with E-state index in [0.717, 1.165) is 0 Å². The number of nitrogens with zero attached hydrogens (tertiary/aromatic N) is 1. The fraction of sp³-hybridized carbons (Fsp3) is 0.300. The van der Waals surface area contributed by atoms with E-state index in [9.17, 15) is 18.0 Å². The van der Waals surface area contributed by atoms with E-state index in [-0.39, 0.29) is 23.0 Å². The smallest absolute Gasteiger partial charge is 0.254 e. The number of halogens is 1. The van der Waals surface area contributed by atoms with Crippen molar-refractivity contribution in [3.63, 3.8) is 0 Å². The number of likely N-dealkylation sites (N-methyl/N-ethyl adjacent to an activating group) is 1. The van der Waals surface area contributed by atoms with Gasteiger partial charge in [-0.25, -0.2) is 13.1 Å². The molecule has 0 heterocycles. The fourth-order valence-electron chi connectivity index (χ4n) is 2.63. The average molecular weight is 454 g/mol. The van der Waals surface area contributed by atoms with Crippen LogP contribution in [0.3, 0.4) is 0 Å². The van der Waals surface area contributed by atoms with E-state index < -0.39 is 21.8 Å². The maximum Gasteiger partial charge on any atom is 0.254 e. The van der Waals surface area contributed by atoms with Crippen molar-refractivity contribution in [3.05, 3.63) is 53.1 Å². The van der Waals surface area contributed by atoms with Gasteiger partial charge in [-0.2, -0.15) is 0 Å². The van der Waals surface area contributed by atoms with E-state index >= 15 is 0 Å². The van der Waals surface area contributed by atoms with Gasteiger partial charge in [-0.1, -0.05) is 11.6 Å². The van der Waals surface area contributed by atoms with Crippen molar-refractivity contribution in [1.82, 2.24) is 9.62 Å². The van der Waals surface area contributed by atoms with E-state index in [0.29, 0.717) is 16.5 Å². The molecule has 0 spiro atoms. The molecule has 0 bridgehead atoms. The highest BCUT2D eigenvalue weighted by Crippen LogP contribution is 2.27. The molecule has 10 heteroatoms. The Kier molecular flexibility index (Phi) is 7.83. The molecule has 2 rings (SSSR count). The van der Waals surface area contributed by atoms with Gasteiger partial charge >= 0.3 is 0 Å². The molecule has 0 aromatic heterocycles. The third-order valence-corrected chi connectivity index (χ3v) is 5.88. The summed E-state index contributed by atoms with van der Waals surface area (Å²) in [5, 5.41) is 3.09. The number of methoxy groups -OCH3 is 1. The first kappa shape index (κ1) is 23.7. The standard InChI is InChI=1S/C20H24ClN3O5S/c1-13(2)23-30(27,28)16-8-5-14(6-9-16)20(26)24(3)12-19(25)22-17-11-15(21)7-10-18(17)29-4/h5-11,13,23H,12H2,1-4H3,(H,22,25). The highest BCUT2D eigenvalue weighted by molar-refractivity contribution is 7.89. The summed E-state index contributed by atoms with van der Waals surface area (Å²) in [5.74, 6) is -0.427. The van der Waals surface area contributed by atoms with Gasteiger partial charge in [0.05, 0.1) is 24.2 Å². The number of anilines is 1. The molecule has 0 unspecified atom stereocenters. The summed E-state index contributed by atoms with van der Waals surface area (Å²) in [6.07, 6.45) is 0. The minimum Gasteiger partial charge on any atom is -0.495 e. The lowest BCUT2D eigenvalue weighted by molar-refractivity contribution is -0.116. The molecule has 0 saturated heterocycles. The van der Waals surface area contributed by atoms with Gasteiger partial charge in [-0.05, 0) is 56.3 Å². The number of hydrogen-bond donors (Lipinski definition) is 2. The molecule has 30 heavy (non-hydrogen) atoms. The number of sulfonamides is 1. The Morgan fingerprint density at radius 1 is 1.13 bits per heavy atom. The van der Waals surface area contributed by atoms with Crippen LogP contribution in [0.4, 0.5) is 5.69 Å². The molecule has 2 aromatic rings. The number of amides is 2. The van der Waals surface area contributed by atoms with Crippen LogP contribution in [0.2, 0.25) is 5.02 Å². The second-order valence-electron chi connectivity index (χ2n) is 6.85. The maximum absolute atomic E-state index is 12.6. The minimum absolute atomic E-state index is 0.0567. The number of carbonyl (C=O) groups is 2. The Labute approximate surface area is 181 Å². The van der Waals surface area contributed by atoms with Gasteiger partial charge < -0.3 is 15.0 Å². The van der Waals surface area contributed by atoms with Crippen LogP contribution in [0.5, 0.6) is 5.75 Å². The molecule has 0 aliphatic carbocycles. The minimum atomic E-state index is -3.65. The molecule has 2 aromatic carbocycles. The number of hydrogen-bond acceptors (Lipinski definition) is 5. The number of benzene rings is 2. The van der Waals surface area contributed by atoms with Gasteiger partial charge in [0.25, 0.3) is 5.91 Å². The second kappa shape index (κ2) is 9.92. The fourth-order valence-corrected chi connectivity index (χ4v) is 4.05. The molecule has 8 nitrogen and oxygen atoms in total. The van der Waals surface area contributed by atoms with Crippen LogP contribution in [0, 0.1) is 0 Å². The lowest BCUT2D eigenvalue weighted by atomic mass is 10.2. The molecule has 2 amide bonds. The zero-order valence-electron chi connectivity index (χ0n) is 17.1. The summed E-state index contributed by atoms with van der Waals surface area (Å²) in [6.45, 7) is 3.21. The third kappa shape index (κ3) is 6.19. The molecule has 162 valence electrons. The molecule has 0 aliphatic heterocycles. The lowest BCUT2D eigenvalue weighted by Crippen LogP contribution is -2.35. The van der Waals surface area contributed by atoms with Crippen molar-refractivity contribution < 1.29 is 22.7 Å². The Hall–Kier alpha value is -2.62. The van der Waals surface area contributed by atoms with Gasteiger partial charge in [0, 0.05) is 23.7 Å². The van der Waals surface area contributed by atoms with Crippen molar-refractivity contribution in [2.75, 3.05) is 26.0 Å². The molecule has 0 radical (unpaired) electrons. The topological polar surface area (TPSA) is 105 Å². The summed E-state index contributed by atoms with van der Waals surface area (Å²) >= 11 is 5.95. The van der Waals surface area contributed by atoms with Crippen molar-refractivity contribution >= 4 is 39.1 Å². The van der Waals surface area contributed by atoms with E-state index in [1.807, 2.05) is 0 Å². The quantitative estimate of drug-likeness (QED) is 0.639. The summed E-state index contributed by atoms with van der Waals surface area (Å²) in [4.78, 5) is 26.2. The van der Waals surface area contributed by atoms with Crippen LogP contribution in [0.25, 0.3) is 0 Å². The molecule has 0 saturated carbocycles. The molecular weight excluding hydrogens is 430 g/mol. The van der Waals surface area contributed by atoms with Crippen molar-refractivity contribution in [2.45, 2.75) is 24.8 Å². The normalized spacial score (nSPS) is 11.3. The first-order valence-electron chi connectivity index (χ1n) is 9.04. The van der Waals surface area contributed by atoms with E-state index in [1.54, 1.807) is 32.0 Å². The van der Waals surface area contributed by atoms with Gasteiger partial charge in [-0.3, -0.25) is 9.59 Å². The van der Waals surface area contributed by atoms with Crippen LogP contribution in [0.1, 0.15) is 24.2 Å². The van der Waals surface area contributed by atoms with Crippen LogP contribution in [0.15, 0.2) is 47.4 Å². The SMILES string of the molecule is COc1ccc(Cl)cc1NC(=O)CN(C)C(=O)c1ccc(S(=O)(=O)NC(C)C)cc1. The van der Waals surface area contributed by atoms with Crippen LogP contribution < -0.4 is 14.8 Å². The van der Waals surface area contributed by atoms with Crippen molar-refractivity contribution in [3.8, 4) is 5.75 Å². The predicted octanol–water partition coefficient (Wildman–Crippen LogP) is 2.75. The Morgan fingerprint density at radius 3 is 2.33 bits per heavy atom. The molecule has 0 atom stereocenters. The van der Waals surface area contributed by atoms with Crippen LogP contribution in [-0.4, -0.2) is 51.9 Å². The first-order chi connectivity index (χ1) is 14.0. The predicted molar refractivity (Wildman–Crippen MR) is 115 cm³/mol. The summed E-state index contributed by atoms with van der Waals surface area (Å²) in [7, 11) is -0.706. The number of carbonyl (C=O) groups excluding carboxylic acids is 2. The largest absolute Gasteiger partial charge is 0.495 e. The number of nitrogens with one attached hydrogen (secondary N) is 2. The van der Waals surface area contributed by atoms with Gasteiger partial charge in [0.2, 0.25) is 15.9 Å². The van der Waals surface area contributed by atoms with E-state index in [1.165, 1.54) is 43.3 Å². The molecular formula is C20H24ClN3O5S. The Morgan fingerprint density at radius 2 is 1.77 bits per heavy atom. The summed E-state index contributed by atoms with van der Waals surface area (Å²) < 4.78 is 32.0. The van der Waals surface area contributed by atoms with Crippen LogP contribution >= 0.6 is 11.6 Å². The Bertz CT molecular complexity index is 1020. The number of ether oxygens (including phenoxy) is 1. The zero-order valence-corrected chi connectivity index (χ0v) is 18.7. The summed E-state index contributed by atoms with van der Waals surface area (Å²) in [6, 6.07) is 10.1. The highest BCUT2D eigenvalue weighted by Gasteiger charge is 2.19. The monoisotopic (exact) mass is 453 g/mol.